The first-order valence-electron chi connectivity index (χ1n) is 19.6. The Bertz CT molecular complexity index is 1240. The van der Waals surface area contributed by atoms with Gasteiger partial charge in [0.05, 0.1) is 139 Å². The maximum atomic E-state index is 6.85. The topological polar surface area (TPSA) is 102 Å². The molecule has 12 heteroatoms. The van der Waals surface area contributed by atoms with Crippen molar-refractivity contribution in [1.82, 2.24) is 0 Å². The van der Waals surface area contributed by atoms with E-state index in [1.165, 1.54) is 10.4 Å². The van der Waals surface area contributed by atoms with Crippen molar-refractivity contribution in [2.75, 3.05) is 132 Å². The van der Waals surface area contributed by atoms with E-state index in [4.69, 9.17) is 51.8 Å². The molecule has 0 amide bonds. The number of benzene rings is 3. The lowest BCUT2D eigenvalue weighted by Crippen LogP contribution is -2.66. The first kappa shape index (κ1) is 46.8. The van der Waals surface area contributed by atoms with Gasteiger partial charge in [-0.2, -0.15) is 0 Å². The van der Waals surface area contributed by atoms with Gasteiger partial charge in [0.1, 0.15) is 0 Å². The van der Waals surface area contributed by atoms with Gasteiger partial charge in [0.15, 0.2) is 0 Å². The molecule has 0 unspecified atom stereocenters. The maximum Gasteiger partial charge on any atom is 0.261 e. The van der Waals surface area contributed by atoms with Crippen LogP contribution >= 0.6 is 0 Å². The molecule has 0 radical (unpaired) electrons. The molecule has 0 aromatic heterocycles. The summed E-state index contributed by atoms with van der Waals surface area (Å²) >= 11 is 0. The van der Waals surface area contributed by atoms with Crippen molar-refractivity contribution in [2.45, 2.75) is 32.4 Å². The Labute approximate surface area is 330 Å². The molecule has 0 N–H and O–H groups in total. The molecule has 0 saturated carbocycles. The summed E-state index contributed by atoms with van der Waals surface area (Å²) in [5.41, 5.74) is 1.16. The molecule has 0 aliphatic carbocycles. The van der Waals surface area contributed by atoms with Crippen molar-refractivity contribution in [3.63, 3.8) is 0 Å². The molecule has 0 heterocycles. The minimum atomic E-state index is -2.54. The highest BCUT2D eigenvalue weighted by atomic mass is 28.4. The average Bonchev–Trinajstić information content (AvgIpc) is 3.20. The molecule has 55 heavy (non-hydrogen) atoms. The van der Waals surface area contributed by atoms with E-state index in [0.29, 0.717) is 139 Å². The third kappa shape index (κ3) is 20.4. The highest BCUT2D eigenvalue weighted by Crippen LogP contribution is 2.36. The second-order valence-corrected chi connectivity index (χ2v) is 17.9. The van der Waals surface area contributed by atoms with Crippen molar-refractivity contribution in [2.24, 2.45) is 0 Å². The minimum absolute atomic E-state index is 0.0562. The van der Waals surface area contributed by atoms with E-state index in [1.54, 1.807) is 0 Å². The fraction of sp³-hybridized carbons (Fsp3) is 0.581. The molecule has 0 atom stereocenters. The van der Waals surface area contributed by atoms with Gasteiger partial charge < -0.3 is 51.8 Å². The van der Waals surface area contributed by atoms with Crippen molar-refractivity contribution in [3.05, 3.63) is 96.6 Å². The molecule has 0 bridgehead atoms. The van der Waals surface area contributed by atoms with Gasteiger partial charge in [-0.1, -0.05) is 112 Å². The van der Waals surface area contributed by atoms with Crippen molar-refractivity contribution in [3.8, 4) is 0 Å². The van der Waals surface area contributed by atoms with Crippen molar-refractivity contribution in [1.29, 1.82) is 0 Å². The van der Waals surface area contributed by atoms with E-state index in [2.05, 4.69) is 81.4 Å². The quantitative estimate of drug-likeness (QED) is 0.0600. The van der Waals surface area contributed by atoms with Crippen LogP contribution in [0.4, 0.5) is 0 Å². The summed E-state index contributed by atoms with van der Waals surface area (Å²) < 4.78 is 62.7. The van der Waals surface area contributed by atoms with Crippen LogP contribution in [-0.4, -0.2) is 140 Å². The summed E-state index contributed by atoms with van der Waals surface area (Å²) in [6, 6.07) is 31.4. The summed E-state index contributed by atoms with van der Waals surface area (Å²) in [6.45, 7) is 17.8. The molecule has 0 fully saturated rings. The van der Waals surface area contributed by atoms with Gasteiger partial charge in [0, 0.05) is 0 Å². The molecule has 3 aromatic carbocycles. The Kier molecular flexibility index (Phi) is 26.0. The summed E-state index contributed by atoms with van der Waals surface area (Å²) in [5, 5.41) is 2.48. The fourth-order valence-electron chi connectivity index (χ4n) is 5.76. The van der Waals surface area contributed by atoms with Crippen LogP contribution in [0.1, 0.15) is 26.3 Å². The van der Waals surface area contributed by atoms with Crippen molar-refractivity contribution >= 4 is 18.7 Å². The summed E-state index contributed by atoms with van der Waals surface area (Å²) in [6.07, 6.45) is 0. The number of hydrogen-bond donors (Lipinski definition) is 0. The first-order valence-corrected chi connectivity index (χ1v) is 21.5. The molecular weight excluding hydrogens is 721 g/mol. The van der Waals surface area contributed by atoms with Crippen LogP contribution in [0.3, 0.4) is 0 Å². The SMILES string of the molecule is CC(C)(C)[Si](OCCOCCOCCOCCOCCOCCOCCOCCOCCOCCOCc1ccccc1)(c1ccccc1)c1ccccc1. The number of hydrogen-bond acceptors (Lipinski definition) is 11. The van der Waals surface area contributed by atoms with E-state index >= 15 is 0 Å². The second-order valence-electron chi connectivity index (χ2n) is 13.6. The lowest BCUT2D eigenvalue weighted by molar-refractivity contribution is -0.0270. The Balaban J connectivity index is 1.01. The molecule has 3 rings (SSSR count). The van der Waals surface area contributed by atoms with E-state index in [9.17, 15) is 0 Å². The van der Waals surface area contributed by atoms with E-state index in [0.717, 1.165) is 5.56 Å². The molecule has 3 aromatic rings. The minimum Gasteiger partial charge on any atom is -0.405 e. The molecule has 308 valence electrons. The summed E-state index contributed by atoms with van der Waals surface area (Å²) in [4.78, 5) is 0. The van der Waals surface area contributed by atoms with E-state index < -0.39 is 8.32 Å². The van der Waals surface area contributed by atoms with Crippen LogP contribution < -0.4 is 10.4 Å². The zero-order valence-corrected chi connectivity index (χ0v) is 34.5. The largest absolute Gasteiger partial charge is 0.405 e. The van der Waals surface area contributed by atoms with Crippen LogP contribution in [0.15, 0.2) is 91.0 Å². The second kappa shape index (κ2) is 30.6. The molecule has 11 nitrogen and oxygen atoms in total. The van der Waals surface area contributed by atoms with Gasteiger partial charge in [-0.05, 0) is 21.0 Å². The van der Waals surface area contributed by atoms with Gasteiger partial charge in [0.2, 0.25) is 0 Å². The zero-order chi connectivity index (χ0) is 39.0. The van der Waals surface area contributed by atoms with Crippen LogP contribution in [0.2, 0.25) is 5.04 Å². The summed E-state index contributed by atoms with van der Waals surface area (Å²) in [5.74, 6) is 0. The van der Waals surface area contributed by atoms with E-state index in [-0.39, 0.29) is 5.04 Å². The van der Waals surface area contributed by atoms with Gasteiger partial charge in [0.25, 0.3) is 8.32 Å². The molecule has 0 aliphatic rings. The molecule has 0 spiro atoms. The van der Waals surface area contributed by atoms with Gasteiger partial charge in [-0.25, -0.2) is 0 Å². The van der Waals surface area contributed by atoms with Gasteiger partial charge >= 0.3 is 0 Å². The standard InChI is InChI=1S/C43H66O11Si/c1-43(2,3)55(41-15-9-5-10-16-41,42-17-11-6-12-18-42)54-38-37-52-34-33-50-30-29-48-26-25-46-22-21-44-19-20-45-23-24-47-27-28-49-31-32-51-35-36-53-39-40-13-7-4-8-14-40/h4-18H,19-39H2,1-3H3. The molecular formula is C43H66O11Si. The Hall–Kier alpha value is -2.56. The predicted octanol–water partition coefficient (Wildman–Crippen LogP) is 4.93. The van der Waals surface area contributed by atoms with Crippen LogP contribution in [0.25, 0.3) is 0 Å². The number of rotatable bonds is 35. The summed E-state index contributed by atoms with van der Waals surface area (Å²) in [7, 11) is -2.54. The predicted molar refractivity (Wildman–Crippen MR) is 217 cm³/mol. The van der Waals surface area contributed by atoms with Crippen LogP contribution in [0.5, 0.6) is 0 Å². The number of ether oxygens (including phenoxy) is 10. The Morgan fingerprint density at radius 3 is 0.873 bits per heavy atom. The van der Waals surface area contributed by atoms with Gasteiger partial charge in [-0.15, -0.1) is 0 Å². The third-order valence-electron chi connectivity index (χ3n) is 8.42. The molecule has 0 saturated heterocycles. The zero-order valence-electron chi connectivity index (χ0n) is 33.5. The average molecular weight is 787 g/mol. The first-order chi connectivity index (χ1) is 27.0. The Morgan fingerprint density at radius 2 is 0.582 bits per heavy atom. The normalized spacial score (nSPS) is 12.1. The molecule has 0 aliphatic heterocycles. The van der Waals surface area contributed by atoms with Gasteiger partial charge in [-0.3, -0.25) is 0 Å². The fourth-order valence-corrected chi connectivity index (χ4v) is 10.3. The van der Waals surface area contributed by atoms with Crippen LogP contribution in [-0.2, 0) is 58.4 Å². The van der Waals surface area contributed by atoms with E-state index in [1.807, 2.05) is 30.3 Å². The monoisotopic (exact) mass is 786 g/mol. The highest BCUT2D eigenvalue weighted by molar-refractivity contribution is 6.99. The Morgan fingerprint density at radius 1 is 0.327 bits per heavy atom. The van der Waals surface area contributed by atoms with Crippen molar-refractivity contribution < 1.29 is 51.8 Å². The highest BCUT2D eigenvalue weighted by Gasteiger charge is 2.50. The lowest BCUT2D eigenvalue weighted by atomic mass is 10.2. The lowest BCUT2D eigenvalue weighted by Gasteiger charge is -2.43. The van der Waals surface area contributed by atoms with Crippen LogP contribution in [0, 0.1) is 0 Å². The smallest absolute Gasteiger partial charge is 0.261 e. The third-order valence-corrected chi connectivity index (χ3v) is 13.5. The maximum absolute atomic E-state index is 6.85.